The first-order valence-electron chi connectivity index (χ1n) is 6.67. The van der Waals surface area contributed by atoms with Crippen molar-refractivity contribution in [1.82, 2.24) is 4.98 Å². The number of Topliss-reactive ketones (excluding diaryl/α,β-unsaturated/α-hetero) is 1. The second kappa shape index (κ2) is 4.65. The van der Waals surface area contributed by atoms with Crippen molar-refractivity contribution in [3.05, 3.63) is 41.7 Å². The van der Waals surface area contributed by atoms with E-state index in [1.165, 1.54) is 5.56 Å². The topological polar surface area (TPSA) is 56.0 Å². The number of aromatic nitrogens is 1. The summed E-state index contributed by atoms with van der Waals surface area (Å²) in [6.07, 6.45) is 9.54. The summed E-state index contributed by atoms with van der Waals surface area (Å²) in [6, 6.07) is 4.10. The smallest absolute Gasteiger partial charge is 0.148 e. The highest BCUT2D eigenvalue weighted by atomic mass is 16.1. The van der Waals surface area contributed by atoms with Crippen LogP contribution in [0.15, 0.2) is 30.5 Å². The Balaban J connectivity index is 1.86. The molecular formula is C15H18N2O. The third-order valence-electron chi connectivity index (χ3n) is 4.02. The molecule has 94 valence electrons. The molecule has 0 aromatic carbocycles. The molecular weight excluding hydrogens is 224 g/mol. The number of hydrogen-bond acceptors (Lipinski definition) is 3. The zero-order valence-electron chi connectivity index (χ0n) is 10.4. The maximum atomic E-state index is 12.6. The van der Waals surface area contributed by atoms with E-state index in [4.69, 9.17) is 5.73 Å². The molecule has 0 spiro atoms. The Labute approximate surface area is 107 Å². The number of carbonyl (C=O) groups excluding carboxylic acids is 1. The number of aryl methyl sites for hydroxylation is 1. The minimum absolute atomic E-state index is 0.00189. The zero-order chi connectivity index (χ0) is 12.5. The highest BCUT2D eigenvalue weighted by Gasteiger charge is 2.33. The Morgan fingerprint density at radius 1 is 1.39 bits per heavy atom. The number of hydrogen-bond donors (Lipinski definition) is 1. The number of allylic oxidation sites excluding steroid dienone is 1. The van der Waals surface area contributed by atoms with E-state index < -0.39 is 0 Å². The summed E-state index contributed by atoms with van der Waals surface area (Å²) in [6.45, 7) is 0. The monoisotopic (exact) mass is 242 g/mol. The van der Waals surface area contributed by atoms with Gasteiger partial charge in [0.2, 0.25) is 0 Å². The molecule has 3 nitrogen and oxygen atoms in total. The number of carbonyl (C=O) groups is 1. The standard InChI is InChI=1S/C15H18N2O/c16-12-7-6-11(9-12)15(18)13-5-1-3-10-4-2-8-17-14(10)13/h2,4,6-8,11-13H,1,3,5,9,16H2. The summed E-state index contributed by atoms with van der Waals surface area (Å²) in [5, 5.41) is 0. The van der Waals surface area contributed by atoms with E-state index >= 15 is 0 Å². The fraction of sp³-hybridized carbons (Fsp3) is 0.467. The van der Waals surface area contributed by atoms with Crippen LogP contribution < -0.4 is 5.73 Å². The van der Waals surface area contributed by atoms with Crippen LogP contribution >= 0.6 is 0 Å². The SMILES string of the molecule is NC1C=CC(C(=O)C2CCCc3cccnc32)C1. The number of nitrogens with zero attached hydrogens (tertiary/aromatic N) is 1. The molecule has 3 unspecified atom stereocenters. The molecule has 0 fully saturated rings. The first kappa shape index (κ1) is 11.6. The molecule has 2 aliphatic rings. The Morgan fingerprint density at radius 3 is 3.06 bits per heavy atom. The summed E-state index contributed by atoms with van der Waals surface area (Å²) < 4.78 is 0. The van der Waals surface area contributed by atoms with Crippen molar-refractivity contribution in [2.45, 2.75) is 37.6 Å². The first-order chi connectivity index (χ1) is 8.75. The van der Waals surface area contributed by atoms with Gasteiger partial charge < -0.3 is 5.73 Å². The molecule has 0 aliphatic heterocycles. The van der Waals surface area contributed by atoms with Gasteiger partial charge in [-0.1, -0.05) is 18.2 Å². The van der Waals surface area contributed by atoms with Crippen molar-refractivity contribution in [2.24, 2.45) is 11.7 Å². The van der Waals surface area contributed by atoms with Crippen LogP contribution in [0.4, 0.5) is 0 Å². The fourth-order valence-corrected chi connectivity index (χ4v) is 3.08. The van der Waals surface area contributed by atoms with Crippen LogP contribution in [0, 0.1) is 5.92 Å². The molecule has 0 bridgehead atoms. The van der Waals surface area contributed by atoms with Crippen LogP contribution in [-0.2, 0) is 11.2 Å². The van der Waals surface area contributed by atoms with Gasteiger partial charge in [0.15, 0.2) is 0 Å². The average Bonchev–Trinajstić information content (AvgIpc) is 2.84. The van der Waals surface area contributed by atoms with E-state index in [9.17, 15) is 4.79 Å². The van der Waals surface area contributed by atoms with Crippen molar-refractivity contribution in [1.29, 1.82) is 0 Å². The molecule has 0 saturated carbocycles. The zero-order valence-corrected chi connectivity index (χ0v) is 10.4. The number of rotatable bonds is 2. The maximum Gasteiger partial charge on any atom is 0.148 e. The fourth-order valence-electron chi connectivity index (χ4n) is 3.08. The summed E-state index contributed by atoms with van der Waals surface area (Å²) in [7, 11) is 0. The Kier molecular flexibility index (Phi) is 3.00. The highest BCUT2D eigenvalue weighted by Crippen LogP contribution is 2.34. The summed E-state index contributed by atoms with van der Waals surface area (Å²) in [4.78, 5) is 17.0. The number of nitrogens with two attached hydrogens (primary N) is 1. The van der Waals surface area contributed by atoms with Crippen molar-refractivity contribution in [2.75, 3.05) is 0 Å². The third kappa shape index (κ3) is 1.99. The van der Waals surface area contributed by atoms with Gasteiger partial charge in [-0.2, -0.15) is 0 Å². The quantitative estimate of drug-likeness (QED) is 0.807. The number of pyridine rings is 1. The predicted molar refractivity (Wildman–Crippen MR) is 70.1 cm³/mol. The molecule has 0 amide bonds. The lowest BCUT2D eigenvalue weighted by Crippen LogP contribution is -2.26. The van der Waals surface area contributed by atoms with Gasteiger partial charge in [0.1, 0.15) is 5.78 Å². The van der Waals surface area contributed by atoms with E-state index in [2.05, 4.69) is 11.1 Å². The van der Waals surface area contributed by atoms with E-state index in [1.807, 2.05) is 18.2 Å². The largest absolute Gasteiger partial charge is 0.324 e. The van der Waals surface area contributed by atoms with Crippen LogP contribution in [0.2, 0.25) is 0 Å². The molecule has 3 atom stereocenters. The van der Waals surface area contributed by atoms with E-state index in [-0.39, 0.29) is 17.9 Å². The van der Waals surface area contributed by atoms with Gasteiger partial charge in [-0.05, 0) is 37.3 Å². The van der Waals surface area contributed by atoms with Crippen molar-refractivity contribution in [3.63, 3.8) is 0 Å². The molecule has 3 heteroatoms. The van der Waals surface area contributed by atoms with E-state index in [0.717, 1.165) is 31.4 Å². The lowest BCUT2D eigenvalue weighted by atomic mass is 9.80. The van der Waals surface area contributed by atoms with Gasteiger partial charge in [0.25, 0.3) is 0 Å². The van der Waals surface area contributed by atoms with Gasteiger partial charge in [-0.25, -0.2) is 0 Å². The molecule has 2 aliphatic carbocycles. The summed E-state index contributed by atoms with van der Waals surface area (Å²) in [5.41, 5.74) is 8.08. The van der Waals surface area contributed by atoms with Crippen LogP contribution in [0.3, 0.4) is 0 Å². The molecule has 0 saturated heterocycles. The number of fused-ring (bicyclic) bond motifs is 1. The van der Waals surface area contributed by atoms with Gasteiger partial charge in [-0.15, -0.1) is 0 Å². The van der Waals surface area contributed by atoms with Gasteiger partial charge in [-0.3, -0.25) is 9.78 Å². The van der Waals surface area contributed by atoms with Crippen LogP contribution in [0.5, 0.6) is 0 Å². The Bertz CT molecular complexity index is 495. The molecule has 1 aromatic heterocycles. The second-order valence-corrected chi connectivity index (χ2v) is 5.29. The van der Waals surface area contributed by atoms with Gasteiger partial charge >= 0.3 is 0 Å². The predicted octanol–water partition coefficient (Wildman–Crippen LogP) is 1.97. The summed E-state index contributed by atoms with van der Waals surface area (Å²) >= 11 is 0. The second-order valence-electron chi connectivity index (χ2n) is 5.29. The molecule has 18 heavy (non-hydrogen) atoms. The van der Waals surface area contributed by atoms with Crippen LogP contribution in [-0.4, -0.2) is 16.8 Å². The van der Waals surface area contributed by atoms with Crippen LogP contribution in [0.1, 0.15) is 36.4 Å². The Hall–Kier alpha value is -1.48. The lowest BCUT2D eigenvalue weighted by Gasteiger charge is -2.25. The van der Waals surface area contributed by atoms with Crippen molar-refractivity contribution >= 4 is 5.78 Å². The van der Waals surface area contributed by atoms with Crippen molar-refractivity contribution < 1.29 is 4.79 Å². The van der Waals surface area contributed by atoms with E-state index in [0.29, 0.717) is 5.78 Å². The molecule has 2 N–H and O–H groups in total. The first-order valence-corrected chi connectivity index (χ1v) is 6.67. The highest BCUT2D eigenvalue weighted by molar-refractivity contribution is 5.89. The molecule has 1 aromatic rings. The van der Waals surface area contributed by atoms with Gasteiger partial charge in [0.05, 0.1) is 11.6 Å². The van der Waals surface area contributed by atoms with E-state index in [1.54, 1.807) is 6.20 Å². The minimum Gasteiger partial charge on any atom is -0.324 e. The summed E-state index contributed by atoms with van der Waals surface area (Å²) in [5.74, 6) is 0.284. The third-order valence-corrected chi connectivity index (χ3v) is 4.02. The van der Waals surface area contributed by atoms with Crippen molar-refractivity contribution in [3.8, 4) is 0 Å². The molecule has 1 heterocycles. The molecule has 3 rings (SSSR count). The normalized spacial score (nSPS) is 30.2. The Morgan fingerprint density at radius 2 is 2.28 bits per heavy atom. The van der Waals surface area contributed by atoms with Gasteiger partial charge in [0, 0.05) is 18.2 Å². The minimum atomic E-state index is -0.0186. The molecule has 0 radical (unpaired) electrons. The maximum absolute atomic E-state index is 12.6. The average molecular weight is 242 g/mol. The van der Waals surface area contributed by atoms with Crippen LogP contribution in [0.25, 0.3) is 0 Å². The number of ketones is 1. The lowest BCUT2D eigenvalue weighted by molar-refractivity contribution is -0.123.